The Morgan fingerprint density at radius 2 is 2.14 bits per heavy atom. The van der Waals surface area contributed by atoms with Crippen LogP contribution in [0, 0.1) is 13.8 Å². The van der Waals surface area contributed by atoms with Gasteiger partial charge in [0, 0.05) is 30.4 Å². The lowest BCUT2D eigenvalue weighted by Gasteiger charge is -2.32. The average molecular weight is 377 g/mol. The van der Waals surface area contributed by atoms with Crippen molar-refractivity contribution in [2.75, 3.05) is 13.1 Å². The third kappa shape index (κ3) is 4.49. The molecule has 146 valence electrons. The maximum atomic E-state index is 6.14. The summed E-state index contributed by atoms with van der Waals surface area (Å²) in [6.45, 7) is 7.81. The number of nitrogens with zero attached hydrogens (tertiary/aromatic N) is 3. The summed E-state index contributed by atoms with van der Waals surface area (Å²) in [5.41, 5.74) is 7.16. The van der Waals surface area contributed by atoms with Gasteiger partial charge in [0.05, 0.1) is 30.3 Å². The van der Waals surface area contributed by atoms with Gasteiger partial charge in [0.2, 0.25) is 0 Å². The molecule has 0 spiro atoms. The largest absolute Gasteiger partial charge is 0.371 e. The van der Waals surface area contributed by atoms with Gasteiger partial charge in [0.15, 0.2) is 0 Å². The molecule has 4 rings (SSSR count). The number of benzene rings is 1. The van der Waals surface area contributed by atoms with Crippen LogP contribution >= 0.6 is 0 Å². The molecule has 0 saturated carbocycles. The van der Waals surface area contributed by atoms with E-state index in [-0.39, 0.29) is 6.10 Å². The highest BCUT2D eigenvalue weighted by Gasteiger charge is 2.22. The minimum Gasteiger partial charge on any atom is -0.371 e. The molecule has 0 aliphatic carbocycles. The normalized spacial score (nSPS) is 17.7. The average Bonchev–Trinajstić information content (AvgIpc) is 3.17. The Kier molecular flexibility index (Phi) is 5.84. The molecular formula is C23H28N4O. The maximum absolute atomic E-state index is 6.14. The number of aromatic amines is 1. The van der Waals surface area contributed by atoms with Crippen LogP contribution in [-0.4, -0.2) is 39.3 Å². The van der Waals surface area contributed by atoms with E-state index in [0.717, 1.165) is 43.9 Å². The third-order valence-electron chi connectivity index (χ3n) is 5.43. The molecule has 0 amide bonds. The Bertz CT molecular complexity index is 906. The fourth-order valence-electron chi connectivity index (χ4n) is 3.89. The molecule has 1 aliphatic heterocycles. The monoisotopic (exact) mass is 376 g/mol. The van der Waals surface area contributed by atoms with E-state index in [1.54, 1.807) is 0 Å². The van der Waals surface area contributed by atoms with Crippen molar-refractivity contribution < 1.29 is 4.74 Å². The molecule has 28 heavy (non-hydrogen) atoms. The van der Waals surface area contributed by atoms with Crippen LogP contribution in [0.1, 0.15) is 35.2 Å². The smallest absolute Gasteiger partial charge is 0.0892 e. The van der Waals surface area contributed by atoms with Gasteiger partial charge < -0.3 is 4.74 Å². The Morgan fingerprint density at radius 3 is 3.00 bits per heavy atom. The zero-order valence-electron chi connectivity index (χ0n) is 16.7. The number of piperidine rings is 1. The fourth-order valence-corrected chi connectivity index (χ4v) is 3.89. The van der Waals surface area contributed by atoms with Crippen molar-refractivity contribution in [3.63, 3.8) is 0 Å². The summed E-state index contributed by atoms with van der Waals surface area (Å²) in [6.07, 6.45) is 6.31. The van der Waals surface area contributed by atoms with Crippen molar-refractivity contribution in [3.8, 4) is 11.3 Å². The number of rotatable bonds is 6. The van der Waals surface area contributed by atoms with Gasteiger partial charge >= 0.3 is 0 Å². The van der Waals surface area contributed by atoms with Crippen molar-refractivity contribution in [2.24, 2.45) is 0 Å². The summed E-state index contributed by atoms with van der Waals surface area (Å²) in [7, 11) is 0. The second kappa shape index (κ2) is 8.67. The number of ether oxygens (including phenoxy) is 1. The highest BCUT2D eigenvalue weighted by molar-refractivity contribution is 5.67. The van der Waals surface area contributed by atoms with Crippen LogP contribution in [0.4, 0.5) is 0 Å². The number of pyridine rings is 1. The summed E-state index contributed by atoms with van der Waals surface area (Å²) < 4.78 is 6.14. The van der Waals surface area contributed by atoms with Gasteiger partial charge in [-0.15, -0.1) is 0 Å². The minimum absolute atomic E-state index is 0.256. The standard InChI is InChI=1S/C23H28N4O/c1-17-8-9-18(2)22(12-17)23-19(13-25-26-23)14-27-11-5-7-21(15-27)28-16-20-6-3-4-10-24-20/h3-4,6,8-10,12-13,21H,5,7,11,14-16H2,1-2H3,(H,25,26)/t21-/m1/s1. The Hall–Kier alpha value is -2.50. The van der Waals surface area contributed by atoms with Crippen LogP contribution in [0.25, 0.3) is 11.3 Å². The summed E-state index contributed by atoms with van der Waals surface area (Å²) in [4.78, 5) is 6.83. The molecule has 1 N–H and O–H groups in total. The minimum atomic E-state index is 0.256. The van der Waals surface area contributed by atoms with Crippen molar-refractivity contribution >= 4 is 0 Å². The second-order valence-corrected chi connectivity index (χ2v) is 7.72. The predicted octanol–water partition coefficient (Wildman–Crippen LogP) is 4.27. The molecular weight excluding hydrogens is 348 g/mol. The fraction of sp³-hybridized carbons (Fsp3) is 0.391. The number of nitrogens with one attached hydrogen (secondary N) is 1. The molecule has 0 radical (unpaired) electrons. The van der Waals surface area contributed by atoms with Crippen molar-refractivity contribution in [1.82, 2.24) is 20.1 Å². The van der Waals surface area contributed by atoms with E-state index in [2.05, 4.69) is 52.1 Å². The number of aromatic nitrogens is 3. The first kappa shape index (κ1) is 18.8. The van der Waals surface area contributed by atoms with E-state index in [1.165, 1.54) is 22.3 Å². The SMILES string of the molecule is Cc1ccc(C)c(-c2[nH]ncc2CN2CCC[C@@H](OCc3ccccn3)C2)c1. The van der Waals surface area contributed by atoms with E-state index < -0.39 is 0 Å². The summed E-state index contributed by atoms with van der Waals surface area (Å²) in [5, 5.41) is 7.56. The molecule has 5 nitrogen and oxygen atoms in total. The van der Waals surface area contributed by atoms with Crippen LogP contribution in [0.3, 0.4) is 0 Å². The molecule has 3 aromatic rings. The molecule has 2 aromatic heterocycles. The molecule has 1 saturated heterocycles. The Labute approximate surface area is 166 Å². The highest BCUT2D eigenvalue weighted by Crippen LogP contribution is 2.27. The first-order valence-corrected chi connectivity index (χ1v) is 10.0. The number of hydrogen-bond acceptors (Lipinski definition) is 4. The molecule has 3 heterocycles. The summed E-state index contributed by atoms with van der Waals surface area (Å²) in [6, 6.07) is 12.5. The summed E-state index contributed by atoms with van der Waals surface area (Å²) >= 11 is 0. The number of hydrogen-bond donors (Lipinski definition) is 1. The predicted molar refractivity (Wildman–Crippen MR) is 111 cm³/mol. The zero-order chi connectivity index (χ0) is 19.3. The van der Waals surface area contributed by atoms with E-state index in [1.807, 2.05) is 30.6 Å². The number of H-pyrrole nitrogens is 1. The van der Waals surface area contributed by atoms with Gasteiger partial charge in [-0.1, -0.05) is 23.8 Å². The quantitative estimate of drug-likeness (QED) is 0.698. The third-order valence-corrected chi connectivity index (χ3v) is 5.43. The van der Waals surface area contributed by atoms with Gasteiger partial charge in [-0.3, -0.25) is 15.0 Å². The maximum Gasteiger partial charge on any atom is 0.0892 e. The van der Waals surface area contributed by atoms with E-state index >= 15 is 0 Å². The lowest BCUT2D eigenvalue weighted by Crippen LogP contribution is -2.39. The molecule has 1 atom stereocenters. The van der Waals surface area contributed by atoms with Gasteiger partial charge in [-0.2, -0.15) is 5.10 Å². The van der Waals surface area contributed by atoms with Gasteiger partial charge in [-0.25, -0.2) is 0 Å². The van der Waals surface area contributed by atoms with Crippen LogP contribution < -0.4 is 0 Å². The lowest BCUT2D eigenvalue weighted by atomic mass is 9.99. The Balaban J connectivity index is 1.41. The van der Waals surface area contributed by atoms with E-state index in [9.17, 15) is 0 Å². The molecule has 0 unspecified atom stereocenters. The first-order valence-electron chi connectivity index (χ1n) is 10.0. The first-order chi connectivity index (χ1) is 13.7. The van der Waals surface area contributed by atoms with E-state index in [4.69, 9.17) is 4.74 Å². The topological polar surface area (TPSA) is 54.0 Å². The molecule has 1 aliphatic rings. The molecule has 1 fully saturated rings. The van der Waals surface area contributed by atoms with Crippen molar-refractivity contribution in [2.45, 2.75) is 45.9 Å². The van der Waals surface area contributed by atoms with Crippen LogP contribution in [0.5, 0.6) is 0 Å². The zero-order valence-corrected chi connectivity index (χ0v) is 16.7. The summed E-state index contributed by atoms with van der Waals surface area (Å²) in [5.74, 6) is 0. The lowest BCUT2D eigenvalue weighted by molar-refractivity contribution is -0.0132. The van der Waals surface area contributed by atoms with Gasteiger partial charge in [0.25, 0.3) is 0 Å². The van der Waals surface area contributed by atoms with Crippen LogP contribution in [0.15, 0.2) is 48.8 Å². The highest BCUT2D eigenvalue weighted by atomic mass is 16.5. The number of aryl methyl sites for hydroxylation is 2. The van der Waals surface area contributed by atoms with Crippen LogP contribution in [-0.2, 0) is 17.9 Å². The van der Waals surface area contributed by atoms with E-state index in [0.29, 0.717) is 6.61 Å². The molecule has 1 aromatic carbocycles. The van der Waals surface area contributed by atoms with Crippen molar-refractivity contribution in [1.29, 1.82) is 0 Å². The van der Waals surface area contributed by atoms with Crippen molar-refractivity contribution in [3.05, 3.63) is 71.2 Å². The van der Waals surface area contributed by atoms with Gasteiger partial charge in [-0.05, 0) is 57.0 Å². The Morgan fingerprint density at radius 1 is 1.21 bits per heavy atom. The van der Waals surface area contributed by atoms with Gasteiger partial charge in [0.1, 0.15) is 0 Å². The second-order valence-electron chi connectivity index (χ2n) is 7.72. The molecule has 0 bridgehead atoms. The van der Waals surface area contributed by atoms with Crippen LogP contribution in [0.2, 0.25) is 0 Å². The molecule has 5 heteroatoms. The number of likely N-dealkylation sites (tertiary alicyclic amines) is 1.